The molecule has 1 heterocycles. The minimum absolute atomic E-state index is 0.136. The third-order valence-corrected chi connectivity index (χ3v) is 1.17. The average molecular weight is 182 g/mol. The lowest BCUT2D eigenvalue weighted by Gasteiger charge is -1.78. The van der Waals surface area contributed by atoms with Crippen molar-refractivity contribution in [3.05, 3.63) is 16.3 Å². The van der Waals surface area contributed by atoms with E-state index in [4.69, 9.17) is 9.60 Å². The summed E-state index contributed by atoms with van der Waals surface area (Å²) in [5, 5.41) is 3.47. The summed E-state index contributed by atoms with van der Waals surface area (Å²) in [7, 11) is 0. The first kappa shape index (κ1) is 1.59. The Bertz CT molecular complexity index is 376. The zero-order valence-electron chi connectivity index (χ0n) is 10.8. The fourth-order valence-electron chi connectivity index (χ4n) is 0.315. The third-order valence-electron chi connectivity index (χ3n) is 0.612. The fraction of sp³-hybridized carbons (Fsp3) is 0.400. The van der Waals surface area contributed by atoms with E-state index in [0.717, 1.165) is 0 Å². The van der Waals surface area contributed by atoms with Gasteiger partial charge in [0.25, 0.3) is 0 Å². The molecule has 0 N–H and O–H groups in total. The summed E-state index contributed by atoms with van der Waals surface area (Å²) in [6.45, 7) is -5.21. The van der Waals surface area contributed by atoms with E-state index in [1.807, 2.05) is 0 Å². The normalized spacial score (nSPS) is 25.9. The largest absolute Gasteiger partial charge is 0.274 e. The highest BCUT2D eigenvalue weighted by Crippen LogP contribution is 2.10. The van der Waals surface area contributed by atoms with Crippen molar-refractivity contribution in [1.29, 1.82) is 0 Å². The molecule has 0 bridgehead atoms. The number of hydrogen-bond donors (Lipinski definition) is 0. The topological polar surface area (TPSA) is 17.8 Å². The second-order valence-corrected chi connectivity index (χ2v) is 1.94. The molecule has 0 unspecified atom stereocenters. The molecule has 0 fully saturated rings. The zero-order chi connectivity index (χ0) is 12.0. The van der Waals surface area contributed by atoms with Crippen LogP contribution in [0, 0.1) is 6.85 Å². The molecule has 0 aliphatic carbocycles. The molecule has 0 aliphatic rings. The van der Waals surface area contributed by atoms with Gasteiger partial charge >= 0.3 is 0 Å². The molecule has 0 aliphatic heterocycles. The third kappa shape index (κ3) is 0.916. The first-order valence-electron chi connectivity index (χ1n) is 5.31. The summed E-state index contributed by atoms with van der Waals surface area (Å²) in [5.41, 5.74) is -0.390. The summed E-state index contributed by atoms with van der Waals surface area (Å²) in [4.78, 5) is 0. The molecule has 0 saturated carbocycles. The Balaban J connectivity index is 3.41. The molecule has 0 atom stereocenters. The van der Waals surface area contributed by atoms with Crippen LogP contribution in [0.4, 0.5) is 0 Å². The van der Waals surface area contributed by atoms with Crippen LogP contribution in [0.5, 0.6) is 0 Å². The molecule has 0 aromatic carbocycles. The van der Waals surface area contributed by atoms with Crippen LogP contribution in [0.1, 0.15) is 15.2 Å². The predicted molar refractivity (Wildman–Crippen MR) is 35.6 cm³/mol. The van der Waals surface area contributed by atoms with Crippen molar-refractivity contribution in [1.82, 2.24) is 9.78 Å². The van der Waals surface area contributed by atoms with Crippen LogP contribution in [0.15, 0.2) is 10.8 Å². The Labute approximate surface area is 66.5 Å². The summed E-state index contributed by atoms with van der Waals surface area (Å²) in [6.07, 6.45) is -0.623. The maximum atomic E-state index is 7.43. The summed E-state index contributed by atoms with van der Waals surface area (Å²) in [6, 6.07) is 0. The van der Waals surface area contributed by atoms with Gasteiger partial charge in [-0.1, -0.05) is 0 Å². The number of rotatable bonds is 0. The summed E-state index contributed by atoms with van der Waals surface area (Å²) in [5.74, 6) is 0. The Morgan fingerprint density at radius 1 is 2.12 bits per heavy atom. The predicted octanol–water partition coefficient (Wildman–Crippen LogP) is 1.49. The molecule has 0 amide bonds. The maximum absolute atomic E-state index is 7.43. The van der Waals surface area contributed by atoms with E-state index in [9.17, 15) is 0 Å². The minimum Gasteiger partial charge on any atom is -0.274 e. The Hall–Kier alpha value is -0.310. The van der Waals surface area contributed by atoms with Crippen molar-refractivity contribution < 1.29 is 9.60 Å². The highest BCUT2D eigenvalue weighted by molar-refractivity contribution is 9.10. The summed E-state index contributed by atoms with van der Waals surface area (Å²) >= 11 is 2.83. The van der Waals surface area contributed by atoms with Crippen LogP contribution in [-0.4, -0.2) is 9.78 Å². The zero-order valence-corrected chi connectivity index (χ0v) is 5.36. The van der Waals surface area contributed by atoms with Crippen molar-refractivity contribution in [2.24, 2.45) is 6.98 Å². The van der Waals surface area contributed by atoms with Crippen molar-refractivity contribution in [3.8, 4) is 0 Å². The minimum atomic E-state index is -2.65. The molecule has 1 rings (SSSR count). The SMILES string of the molecule is [2H]c1c(C([2H])([2H])[2H])c(Br)nn1C([2H])([2H])[2H]. The molecule has 3 heteroatoms. The number of aromatic nitrogens is 2. The van der Waals surface area contributed by atoms with Gasteiger partial charge in [0.2, 0.25) is 0 Å². The highest BCUT2D eigenvalue weighted by Gasteiger charge is 1.94. The van der Waals surface area contributed by atoms with Crippen LogP contribution in [0.3, 0.4) is 0 Å². The molecule has 1 aromatic rings. The lowest BCUT2D eigenvalue weighted by atomic mass is 10.4. The standard InChI is InChI=1S/C5H7BrN2/c1-4-3-8(2)7-5(4)6/h3H,1-2H3/i1D3,2D3,3D. The lowest BCUT2D eigenvalue weighted by molar-refractivity contribution is 0.760. The molecule has 44 valence electrons. The molecule has 0 radical (unpaired) electrons. The van der Waals surface area contributed by atoms with Crippen LogP contribution in [0.2, 0.25) is 0 Å². The molecule has 0 spiro atoms. The maximum Gasteiger partial charge on any atom is 0.131 e. The van der Waals surface area contributed by atoms with E-state index in [2.05, 4.69) is 21.0 Å². The molecule has 0 saturated heterocycles. The van der Waals surface area contributed by atoms with E-state index >= 15 is 0 Å². The molecule has 8 heavy (non-hydrogen) atoms. The van der Waals surface area contributed by atoms with Crippen molar-refractivity contribution in [3.63, 3.8) is 0 Å². The summed E-state index contributed by atoms with van der Waals surface area (Å²) < 4.78 is 50.2. The lowest BCUT2D eigenvalue weighted by Crippen LogP contribution is -1.84. The van der Waals surface area contributed by atoms with Gasteiger partial charge < -0.3 is 0 Å². The Morgan fingerprint density at radius 2 is 3.00 bits per heavy atom. The van der Waals surface area contributed by atoms with E-state index < -0.39 is 25.6 Å². The van der Waals surface area contributed by atoms with E-state index in [1.54, 1.807) is 0 Å². The number of nitrogens with zero attached hydrogens (tertiary/aromatic N) is 2. The van der Waals surface area contributed by atoms with Crippen LogP contribution in [0.25, 0.3) is 0 Å². The van der Waals surface area contributed by atoms with Crippen molar-refractivity contribution >= 4 is 15.9 Å². The van der Waals surface area contributed by atoms with Gasteiger partial charge in [0.1, 0.15) is 4.60 Å². The van der Waals surface area contributed by atoms with Crippen molar-refractivity contribution in [2.45, 2.75) is 6.85 Å². The smallest absolute Gasteiger partial charge is 0.131 e. The second kappa shape index (κ2) is 1.90. The van der Waals surface area contributed by atoms with Gasteiger partial charge in [0.15, 0.2) is 0 Å². The average Bonchev–Trinajstić information content (AvgIpc) is 2.22. The first-order chi connectivity index (χ1) is 6.55. The quantitative estimate of drug-likeness (QED) is 0.594. The Kier molecular flexibility index (Phi) is 0.378. The first-order valence-corrected chi connectivity index (χ1v) is 2.60. The van der Waals surface area contributed by atoms with Gasteiger partial charge in [0.05, 0.1) is 1.37 Å². The Morgan fingerprint density at radius 3 is 3.38 bits per heavy atom. The monoisotopic (exact) mass is 181 g/mol. The highest BCUT2D eigenvalue weighted by atomic mass is 79.9. The van der Waals surface area contributed by atoms with Gasteiger partial charge in [-0.2, -0.15) is 5.10 Å². The number of halogens is 1. The van der Waals surface area contributed by atoms with E-state index in [-0.39, 0.29) is 4.60 Å². The van der Waals surface area contributed by atoms with E-state index in [0.29, 0.717) is 4.68 Å². The molecule has 1 aromatic heterocycles. The van der Waals surface area contributed by atoms with E-state index in [1.165, 1.54) is 0 Å². The van der Waals surface area contributed by atoms with Gasteiger partial charge in [-0.3, -0.25) is 4.68 Å². The second-order valence-electron chi connectivity index (χ2n) is 1.19. The van der Waals surface area contributed by atoms with Gasteiger partial charge in [-0.25, -0.2) is 0 Å². The van der Waals surface area contributed by atoms with Crippen molar-refractivity contribution in [2.75, 3.05) is 0 Å². The number of hydrogen-bond acceptors (Lipinski definition) is 1. The van der Waals surface area contributed by atoms with Gasteiger partial charge in [0, 0.05) is 26.9 Å². The molecular weight excluding hydrogens is 168 g/mol. The van der Waals surface area contributed by atoms with Gasteiger partial charge in [-0.15, -0.1) is 0 Å². The van der Waals surface area contributed by atoms with Crippen LogP contribution in [-0.2, 0) is 6.98 Å². The fourth-order valence-corrected chi connectivity index (χ4v) is 0.562. The van der Waals surface area contributed by atoms with Crippen LogP contribution < -0.4 is 0 Å². The van der Waals surface area contributed by atoms with Gasteiger partial charge in [-0.05, 0) is 22.8 Å². The van der Waals surface area contributed by atoms with Crippen LogP contribution >= 0.6 is 15.9 Å². The molecular formula is C5H7BrN2. The number of aryl methyl sites for hydroxylation is 1. The molecule has 2 nitrogen and oxygen atoms in total.